The number of phosphoric acid groups is 1. The Kier molecular flexibility index (Phi) is 17.5. The molecule has 1 unspecified atom stereocenters. The predicted octanol–water partition coefficient (Wildman–Crippen LogP) is 5.95. The quantitative estimate of drug-likeness (QED) is 0.214. The Morgan fingerprint density at radius 3 is 1.64 bits per heavy atom. The van der Waals surface area contributed by atoms with Crippen LogP contribution in [0, 0.1) is 0 Å². The van der Waals surface area contributed by atoms with E-state index in [-0.39, 0.29) is 13.2 Å². The van der Waals surface area contributed by atoms with Crippen LogP contribution < -0.4 is 5.73 Å². The van der Waals surface area contributed by atoms with E-state index in [0.29, 0.717) is 0 Å². The van der Waals surface area contributed by atoms with Crippen molar-refractivity contribution >= 4 is 7.82 Å². The number of nitrogens with two attached hydrogens (primary N) is 1. The van der Waals surface area contributed by atoms with Gasteiger partial charge < -0.3 is 10.6 Å². The van der Waals surface area contributed by atoms with Crippen LogP contribution in [0.3, 0.4) is 0 Å². The third kappa shape index (κ3) is 18.7. The molecule has 152 valence electrons. The van der Waals surface area contributed by atoms with Crippen LogP contribution in [0.1, 0.15) is 104 Å². The van der Waals surface area contributed by atoms with E-state index in [1.165, 1.54) is 70.6 Å². The van der Waals surface area contributed by atoms with Crippen LogP contribution in [0.4, 0.5) is 0 Å². The van der Waals surface area contributed by atoms with Crippen molar-refractivity contribution in [2.24, 2.45) is 5.73 Å². The van der Waals surface area contributed by atoms with Crippen molar-refractivity contribution in [3.63, 3.8) is 0 Å². The SMILES string of the molecule is CCCCCCCCCCCCCCCCOP(=O)(O)O[C@H](C)CN. The molecule has 0 rings (SSSR count). The van der Waals surface area contributed by atoms with Crippen LogP contribution in [0.15, 0.2) is 0 Å². The first-order valence-corrected chi connectivity index (χ1v) is 11.9. The van der Waals surface area contributed by atoms with Gasteiger partial charge in [-0.05, 0) is 13.3 Å². The molecule has 6 heteroatoms. The second-order valence-corrected chi connectivity index (χ2v) is 8.46. The molecule has 0 heterocycles. The molecule has 0 amide bonds. The van der Waals surface area contributed by atoms with Crippen LogP contribution in [0.25, 0.3) is 0 Å². The fraction of sp³-hybridized carbons (Fsp3) is 1.00. The lowest BCUT2D eigenvalue weighted by Gasteiger charge is -2.15. The van der Waals surface area contributed by atoms with E-state index < -0.39 is 13.9 Å². The zero-order valence-corrected chi connectivity index (χ0v) is 17.5. The van der Waals surface area contributed by atoms with Gasteiger partial charge in [0.25, 0.3) is 0 Å². The molecule has 0 radical (unpaired) electrons. The molecular formula is C19H42NO4P. The van der Waals surface area contributed by atoms with E-state index in [4.69, 9.17) is 14.8 Å². The third-order valence-electron chi connectivity index (χ3n) is 4.40. The first-order chi connectivity index (χ1) is 12.0. The van der Waals surface area contributed by atoms with Crippen molar-refractivity contribution in [1.82, 2.24) is 0 Å². The highest BCUT2D eigenvalue weighted by atomic mass is 31.2. The van der Waals surface area contributed by atoms with E-state index in [9.17, 15) is 9.46 Å². The standard InChI is InChI=1S/C19H42NO4P/c1-3-4-5-6-7-8-9-10-11-12-13-14-15-16-17-23-25(21,22)24-19(2)18-20/h19H,3-18,20H2,1-2H3,(H,21,22)/t19-/m1/s1. The van der Waals surface area contributed by atoms with Gasteiger partial charge >= 0.3 is 7.82 Å². The van der Waals surface area contributed by atoms with Gasteiger partial charge in [-0.25, -0.2) is 4.57 Å². The smallest absolute Gasteiger partial charge is 0.328 e. The van der Waals surface area contributed by atoms with E-state index in [0.717, 1.165) is 19.3 Å². The summed E-state index contributed by atoms with van der Waals surface area (Å²) in [4.78, 5) is 9.48. The molecule has 0 aliphatic heterocycles. The fourth-order valence-corrected chi connectivity index (χ4v) is 3.74. The molecule has 5 nitrogen and oxygen atoms in total. The molecule has 0 saturated heterocycles. The third-order valence-corrected chi connectivity index (χ3v) is 5.53. The van der Waals surface area contributed by atoms with Gasteiger partial charge in [0, 0.05) is 6.54 Å². The van der Waals surface area contributed by atoms with Crippen molar-refractivity contribution in [2.75, 3.05) is 13.2 Å². The van der Waals surface area contributed by atoms with Gasteiger partial charge in [0.05, 0.1) is 12.7 Å². The summed E-state index contributed by atoms with van der Waals surface area (Å²) < 4.78 is 21.4. The summed E-state index contributed by atoms with van der Waals surface area (Å²) >= 11 is 0. The zero-order valence-electron chi connectivity index (χ0n) is 16.6. The molecule has 0 aliphatic rings. The summed E-state index contributed by atoms with van der Waals surface area (Å²) in [5.74, 6) is 0. The Balaban J connectivity index is 3.25. The molecule has 0 aromatic carbocycles. The second-order valence-electron chi connectivity index (χ2n) is 7.05. The summed E-state index contributed by atoms with van der Waals surface area (Å²) in [5.41, 5.74) is 5.35. The Morgan fingerprint density at radius 2 is 1.24 bits per heavy atom. The maximum atomic E-state index is 11.6. The molecule has 0 aromatic heterocycles. The lowest BCUT2D eigenvalue weighted by molar-refractivity contribution is 0.115. The molecule has 0 bridgehead atoms. The van der Waals surface area contributed by atoms with E-state index in [1.807, 2.05) is 0 Å². The normalized spacial score (nSPS) is 15.2. The monoisotopic (exact) mass is 379 g/mol. The van der Waals surface area contributed by atoms with Gasteiger partial charge in [0.2, 0.25) is 0 Å². The molecule has 0 saturated carbocycles. The topological polar surface area (TPSA) is 81.8 Å². The number of hydrogen-bond donors (Lipinski definition) is 2. The van der Waals surface area contributed by atoms with Gasteiger partial charge in [-0.2, -0.15) is 0 Å². The highest BCUT2D eigenvalue weighted by Crippen LogP contribution is 2.44. The number of hydrogen-bond acceptors (Lipinski definition) is 4. The highest BCUT2D eigenvalue weighted by molar-refractivity contribution is 7.47. The van der Waals surface area contributed by atoms with Crippen LogP contribution >= 0.6 is 7.82 Å². The molecular weight excluding hydrogens is 337 g/mol. The lowest BCUT2D eigenvalue weighted by Crippen LogP contribution is -2.19. The maximum Gasteiger partial charge on any atom is 0.472 e. The van der Waals surface area contributed by atoms with Crippen LogP contribution in [0.2, 0.25) is 0 Å². The number of phosphoric ester groups is 1. The molecule has 25 heavy (non-hydrogen) atoms. The highest BCUT2D eigenvalue weighted by Gasteiger charge is 2.23. The average Bonchev–Trinajstić information content (AvgIpc) is 2.57. The summed E-state index contributed by atoms with van der Waals surface area (Å²) in [6.07, 6.45) is 17.5. The number of unbranched alkanes of at least 4 members (excludes halogenated alkanes) is 13. The largest absolute Gasteiger partial charge is 0.472 e. The van der Waals surface area contributed by atoms with Gasteiger partial charge in [0.1, 0.15) is 0 Å². The van der Waals surface area contributed by atoms with Gasteiger partial charge in [-0.1, -0.05) is 90.4 Å². The summed E-state index contributed by atoms with van der Waals surface area (Å²) in [6.45, 7) is 4.38. The Bertz CT molecular complexity index is 329. The Morgan fingerprint density at radius 1 is 0.840 bits per heavy atom. The van der Waals surface area contributed by atoms with Crippen molar-refractivity contribution in [2.45, 2.75) is 110 Å². The van der Waals surface area contributed by atoms with E-state index in [2.05, 4.69) is 6.92 Å². The predicted molar refractivity (Wildman–Crippen MR) is 106 cm³/mol. The molecule has 0 fully saturated rings. The van der Waals surface area contributed by atoms with Crippen LogP contribution in [-0.4, -0.2) is 24.1 Å². The van der Waals surface area contributed by atoms with E-state index in [1.54, 1.807) is 6.92 Å². The molecule has 2 atom stereocenters. The van der Waals surface area contributed by atoms with Crippen molar-refractivity contribution in [1.29, 1.82) is 0 Å². The van der Waals surface area contributed by atoms with Gasteiger partial charge in [-0.15, -0.1) is 0 Å². The molecule has 0 aromatic rings. The lowest BCUT2D eigenvalue weighted by atomic mass is 10.0. The van der Waals surface area contributed by atoms with Crippen molar-refractivity contribution in [3.05, 3.63) is 0 Å². The first-order valence-electron chi connectivity index (χ1n) is 10.4. The molecule has 0 aliphatic carbocycles. The Hall–Kier alpha value is 0.0700. The van der Waals surface area contributed by atoms with Crippen molar-refractivity contribution < 1.29 is 18.5 Å². The van der Waals surface area contributed by atoms with Gasteiger partial charge in [-0.3, -0.25) is 9.05 Å². The molecule has 0 spiro atoms. The zero-order chi connectivity index (χ0) is 18.8. The maximum absolute atomic E-state index is 11.6. The average molecular weight is 380 g/mol. The number of rotatable bonds is 19. The summed E-state index contributed by atoms with van der Waals surface area (Å²) in [6, 6.07) is 0. The minimum absolute atomic E-state index is 0.201. The van der Waals surface area contributed by atoms with E-state index >= 15 is 0 Å². The van der Waals surface area contributed by atoms with Gasteiger partial charge in [0.15, 0.2) is 0 Å². The second kappa shape index (κ2) is 17.5. The minimum atomic E-state index is -3.93. The van der Waals surface area contributed by atoms with Crippen LogP contribution in [-0.2, 0) is 13.6 Å². The summed E-state index contributed by atoms with van der Waals surface area (Å²) in [5, 5.41) is 0. The van der Waals surface area contributed by atoms with Crippen molar-refractivity contribution in [3.8, 4) is 0 Å². The first kappa shape index (κ1) is 25.1. The molecule has 3 N–H and O–H groups in total. The Labute approximate surface area is 155 Å². The minimum Gasteiger partial charge on any atom is -0.328 e. The van der Waals surface area contributed by atoms with Crippen LogP contribution in [0.5, 0.6) is 0 Å². The fourth-order valence-electron chi connectivity index (χ4n) is 2.78. The summed E-state index contributed by atoms with van der Waals surface area (Å²) in [7, 11) is -3.93.